The maximum absolute atomic E-state index is 13.3. The number of ether oxygens (including phenoxy) is 1. The van der Waals surface area contributed by atoms with Crippen molar-refractivity contribution in [1.82, 2.24) is 20.1 Å². The predicted molar refractivity (Wildman–Crippen MR) is 111 cm³/mol. The number of hydrogen-bond acceptors (Lipinski definition) is 8. The van der Waals surface area contributed by atoms with E-state index in [0.29, 0.717) is 39.4 Å². The number of rotatable bonds is 3. The molecule has 1 atom stereocenters. The van der Waals surface area contributed by atoms with Gasteiger partial charge in [0.25, 0.3) is 11.8 Å². The quantitative estimate of drug-likeness (QED) is 0.679. The number of morpholine rings is 1. The second kappa shape index (κ2) is 7.69. The highest BCUT2D eigenvalue weighted by molar-refractivity contribution is 7.21. The third kappa shape index (κ3) is 3.21. The molecule has 3 aromatic rings. The highest BCUT2D eigenvalue weighted by atomic mass is 32.1. The van der Waals surface area contributed by atoms with Crippen LogP contribution in [0.25, 0.3) is 10.1 Å². The first kappa shape index (κ1) is 19.0. The standard InChI is InChI=1S/C20H21N5O4S/c21-18-16(22-29-23-18)19(26)25-6-5-12(11-25)15-13-3-1-2-4-14(13)30-17(15)20(27)24-7-9-28-10-8-24/h1-4,12H,5-11H2,(H2,21,23)/t12-/m1/s1. The summed E-state index contributed by atoms with van der Waals surface area (Å²) in [7, 11) is 0. The summed E-state index contributed by atoms with van der Waals surface area (Å²) in [6, 6.07) is 8.07. The number of aromatic nitrogens is 2. The van der Waals surface area contributed by atoms with Crippen LogP contribution in [0.3, 0.4) is 0 Å². The van der Waals surface area contributed by atoms with Gasteiger partial charge in [-0.2, -0.15) is 0 Å². The lowest BCUT2D eigenvalue weighted by Gasteiger charge is -2.27. The van der Waals surface area contributed by atoms with E-state index in [9.17, 15) is 9.59 Å². The Kier molecular flexibility index (Phi) is 4.87. The number of fused-ring (bicyclic) bond motifs is 1. The van der Waals surface area contributed by atoms with Crippen LogP contribution < -0.4 is 5.73 Å². The molecule has 0 unspecified atom stereocenters. The number of amides is 2. The molecule has 2 aliphatic rings. The van der Waals surface area contributed by atoms with Gasteiger partial charge in [0.2, 0.25) is 11.5 Å². The van der Waals surface area contributed by atoms with Crippen LogP contribution >= 0.6 is 11.3 Å². The molecule has 5 rings (SSSR count). The van der Waals surface area contributed by atoms with Crippen LogP contribution in [0.1, 0.15) is 38.1 Å². The van der Waals surface area contributed by atoms with Crippen LogP contribution in [-0.2, 0) is 4.74 Å². The highest BCUT2D eigenvalue weighted by Gasteiger charge is 2.35. The van der Waals surface area contributed by atoms with Crippen molar-refractivity contribution in [2.24, 2.45) is 0 Å². The number of thiophene rings is 1. The third-order valence-electron chi connectivity index (χ3n) is 5.73. The molecule has 4 heterocycles. The van der Waals surface area contributed by atoms with Gasteiger partial charge in [-0.15, -0.1) is 11.3 Å². The van der Waals surface area contributed by atoms with Crippen LogP contribution in [0.15, 0.2) is 28.9 Å². The lowest BCUT2D eigenvalue weighted by atomic mass is 9.94. The molecule has 0 spiro atoms. The minimum Gasteiger partial charge on any atom is -0.379 e. The van der Waals surface area contributed by atoms with Crippen LogP contribution in [0, 0.1) is 0 Å². The molecule has 0 radical (unpaired) electrons. The Balaban J connectivity index is 1.47. The van der Waals surface area contributed by atoms with E-state index in [1.807, 2.05) is 23.1 Å². The smallest absolute Gasteiger partial charge is 0.280 e. The minimum atomic E-state index is -0.295. The molecule has 0 bridgehead atoms. The van der Waals surface area contributed by atoms with Crippen molar-refractivity contribution >= 4 is 39.1 Å². The van der Waals surface area contributed by atoms with Crippen molar-refractivity contribution in [2.75, 3.05) is 45.1 Å². The number of carbonyl (C=O) groups is 2. The Morgan fingerprint density at radius 3 is 2.63 bits per heavy atom. The van der Waals surface area contributed by atoms with Crippen LogP contribution in [0.2, 0.25) is 0 Å². The van der Waals surface area contributed by atoms with Gasteiger partial charge in [-0.25, -0.2) is 4.63 Å². The Morgan fingerprint density at radius 2 is 1.87 bits per heavy atom. The zero-order valence-corrected chi connectivity index (χ0v) is 17.1. The first-order chi connectivity index (χ1) is 14.6. The summed E-state index contributed by atoms with van der Waals surface area (Å²) in [5.74, 6) is -0.195. The number of carbonyl (C=O) groups excluding carboxylic acids is 2. The normalized spacial score (nSPS) is 19.5. The number of nitrogen functional groups attached to an aromatic ring is 1. The Bertz CT molecular complexity index is 1100. The molecule has 1 aromatic carbocycles. The summed E-state index contributed by atoms with van der Waals surface area (Å²) in [6.07, 6.45) is 0.765. The summed E-state index contributed by atoms with van der Waals surface area (Å²) in [5, 5.41) is 8.21. The lowest BCUT2D eigenvalue weighted by Crippen LogP contribution is -2.40. The molecule has 30 heavy (non-hydrogen) atoms. The van der Waals surface area contributed by atoms with Crippen molar-refractivity contribution in [3.63, 3.8) is 0 Å². The van der Waals surface area contributed by atoms with Crippen molar-refractivity contribution in [3.05, 3.63) is 40.4 Å². The molecule has 0 aliphatic carbocycles. The zero-order valence-electron chi connectivity index (χ0n) is 16.2. The second-order valence-electron chi connectivity index (χ2n) is 7.48. The largest absolute Gasteiger partial charge is 0.379 e. The van der Waals surface area contributed by atoms with Crippen molar-refractivity contribution in [1.29, 1.82) is 0 Å². The fourth-order valence-electron chi connectivity index (χ4n) is 4.21. The van der Waals surface area contributed by atoms with Gasteiger partial charge in [0, 0.05) is 36.8 Å². The molecule has 2 N–H and O–H groups in total. The lowest BCUT2D eigenvalue weighted by molar-refractivity contribution is 0.0305. The Labute approximate surface area is 176 Å². The van der Waals surface area contributed by atoms with E-state index in [2.05, 4.69) is 21.0 Å². The Morgan fingerprint density at radius 1 is 1.07 bits per heavy atom. The molecule has 10 heteroatoms. The summed E-state index contributed by atoms with van der Waals surface area (Å²) in [5.41, 5.74) is 6.76. The summed E-state index contributed by atoms with van der Waals surface area (Å²) < 4.78 is 11.0. The molecular weight excluding hydrogens is 406 g/mol. The highest BCUT2D eigenvalue weighted by Crippen LogP contribution is 2.41. The summed E-state index contributed by atoms with van der Waals surface area (Å²) in [6.45, 7) is 3.37. The van der Waals surface area contributed by atoms with Crippen molar-refractivity contribution < 1.29 is 19.0 Å². The van der Waals surface area contributed by atoms with E-state index in [1.54, 1.807) is 4.90 Å². The number of benzene rings is 1. The van der Waals surface area contributed by atoms with Gasteiger partial charge in [-0.05, 0) is 33.8 Å². The number of nitrogens with two attached hydrogens (primary N) is 1. The van der Waals surface area contributed by atoms with E-state index in [4.69, 9.17) is 10.5 Å². The van der Waals surface area contributed by atoms with Crippen LogP contribution in [-0.4, -0.2) is 71.3 Å². The number of anilines is 1. The third-order valence-corrected chi connectivity index (χ3v) is 6.90. The molecule has 156 valence electrons. The molecule has 2 aromatic heterocycles. The number of likely N-dealkylation sites (tertiary alicyclic amines) is 1. The molecule has 9 nitrogen and oxygen atoms in total. The van der Waals surface area contributed by atoms with E-state index in [1.165, 1.54) is 11.3 Å². The van der Waals surface area contributed by atoms with Gasteiger partial charge in [0.05, 0.1) is 18.1 Å². The molecule has 2 amide bonds. The molecule has 0 saturated carbocycles. The van der Waals surface area contributed by atoms with Gasteiger partial charge in [-0.1, -0.05) is 18.2 Å². The topological polar surface area (TPSA) is 115 Å². The molecule has 2 fully saturated rings. The van der Waals surface area contributed by atoms with Crippen LogP contribution in [0.5, 0.6) is 0 Å². The van der Waals surface area contributed by atoms with E-state index < -0.39 is 0 Å². The van der Waals surface area contributed by atoms with E-state index >= 15 is 0 Å². The Hall–Kier alpha value is -2.98. The maximum Gasteiger partial charge on any atom is 0.280 e. The molecule has 2 aliphatic heterocycles. The zero-order chi connectivity index (χ0) is 20.7. The number of hydrogen-bond donors (Lipinski definition) is 1. The fourth-order valence-corrected chi connectivity index (χ4v) is 5.47. The molecule has 2 saturated heterocycles. The fraction of sp³-hybridized carbons (Fsp3) is 0.400. The van der Waals surface area contributed by atoms with Gasteiger partial charge in [0.15, 0.2) is 0 Å². The SMILES string of the molecule is Nc1nonc1C(=O)N1CC[C@@H](c2c(C(=O)N3CCOCC3)sc3ccccc23)C1. The van der Waals surface area contributed by atoms with Crippen LogP contribution in [0.4, 0.5) is 5.82 Å². The second-order valence-corrected chi connectivity index (χ2v) is 8.53. The molecular formula is C20H21N5O4S. The van der Waals surface area contributed by atoms with Gasteiger partial charge < -0.3 is 20.3 Å². The first-order valence-corrected chi connectivity index (χ1v) is 10.7. The number of nitrogens with zero attached hydrogens (tertiary/aromatic N) is 4. The van der Waals surface area contributed by atoms with Crippen molar-refractivity contribution in [2.45, 2.75) is 12.3 Å². The monoisotopic (exact) mass is 427 g/mol. The van der Waals surface area contributed by atoms with Gasteiger partial charge in [0.1, 0.15) is 0 Å². The van der Waals surface area contributed by atoms with Gasteiger partial charge in [-0.3, -0.25) is 9.59 Å². The average Bonchev–Trinajstić information content (AvgIpc) is 3.51. The average molecular weight is 427 g/mol. The van der Waals surface area contributed by atoms with E-state index in [0.717, 1.165) is 26.9 Å². The van der Waals surface area contributed by atoms with E-state index in [-0.39, 0.29) is 29.2 Å². The first-order valence-electron chi connectivity index (χ1n) is 9.89. The predicted octanol–water partition coefficient (Wildman–Crippen LogP) is 1.97. The summed E-state index contributed by atoms with van der Waals surface area (Å²) >= 11 is 1.53. The maximum atomic E-state index is 13.3. The summed E-state index contributed by atoms with van der Waals surface area (Å²) in [4.78, 5) is 30.4. The van der Waals surface area contributed by atoms with Crippen molar-refractivity contribution in [3.8, 4) is 0 Å². The minimum absolute atomic E-state index is 0.00684. The van der Waals surface area contributed by atoms with Gasteiger partial charge >= 0.3 is 0 Å².